The Morgan fingerprint density at radius 1 is 0.641 bits per heavy atom. The molecule has 0 saturated heterocycles. The molecule has 39 heavy (non-hydrogen) atoms. The van der Waals surface area contributed by atoms with Gasteiger partial charge in [-0.15, -0.1) is 0 Å². The molecule has 0 aromatic carbocycles. The molecule has 0 aliphatic carbocycles. The largest absolute Gasteiger partial charge is 0.469 e. The van der Waals surface area contributed by atoms with Crippen LogP contribution in [0.3, 0.4) is 0 Å². The Hall–Kier alpha value is -1.21. The monoisotopic (exact) mass is 576 g/mol. The van der Waals surface area contributed by atoms with Gasteiger partial charge in [0.05, 0.1) is 6.61 Å². The minimum atomic E-state index is -4.73. The molecular weight excluding hydrogens is 519 g/mol. The maximum Gasteiger partial charge on any atom is 0.469 e. The smallest absolute Gasteiger partial charge is 0.462 e. The van der Waals surface area contributed by atoms with Gasteiger partial charge in [0.2, 0.25) is 0 Å². The highest BCUT2D eigenvalue weighted by molar-refractivity contribution is 7.46. The lowest BCUT2D eigenvalue weighted by Gasteiger charge is -2.18. The Bertz CT molecular complexity index is 661. The van der Waals surface area contributed by atoms with Crippen molar-refractivity contribution < 1.29 is 37.9 Å². The van der Waals surface area contributed by atoms with Gasteiger partial charge in [-0.3, -0.25) is 14.1 Å². The molecule has 0 heterocycles. The van der Waals surface area contributed by atoms with E-state index in [9.17, 15) is 14.2 Å². The van der Waals surface area contributed by atoms with Gasteiger partial charge in [-0.1, -0.05) is 109 Å². The van der Waals surface area contributed by atoms with Crippen molar-refractivity contribution in [2.75, 3.05) is 13.2 Å². The SMILES string of the molecule is CCCCC/C=C\CCCCCCCC(=O)OC(COC(=O)CCCCCCCCCCC)COP(=O)(O)O. The van der Waals surface area contributed by atoms with Crippen LogP contribution in [-0.2, 0) is 28.2 Å². The fraction of sp³-hybridized carbons (Fsp3) is 0.867. The summed E-state index contributed by atoms with van der Waals surface area (Å²) in [5.41, 5.74) is 0. The first-order valence-corrected chi connectivity index (χ1v) is 17.0. The number of allylic oxidation sites excluding steroid dienone is 2. The van der Waals surface area contributed by atoms with E-state index in [1.807, 2.05) is 0 Å². The quantitative estimate of drug-likeness (QED) is 0.0413. The maximum absolute atomic E-state index is 12.2. The van der Waals surface area contributed by atoms with Crippen LogP contribution in [0.2, 0.25) is 0 Å². The lowest BCUT2D eigenvalue weighted by atomic mass is 10.1. The normalized spacial score (nSPS) is 12.6. The number of carbonyl (C=O) groups is 2. The van der Waals surface area contributed by atoms with E-state index in [0.29, 0.717) is 6.42 Å². The zero-order valence-electron chi connectivity index (χ0n) is 24.8. The molecule has 0 aromatic heterocycles. The van der Waals surface area contributed by atoms with Crippen LogP contribution < -0.4 is 0 Å². The van der Waals surface area contributed by atoms with Gasteiger partial charge in [-0.05, 0) is 38.5 Å². The number of carbonyl (C=O) groups excluding carboxylic acids is 2. The van der Waals surface area contributed by atoms with E-state index in [-0.39, 0.29) is 19.4 Å². The second-order valence-electron chi connectivity index (χ2n) is 10.4. The average Bonchev–Trinajstić information content (AvgIpc) is 2.89. The van der Waals surface area contributed by atoms with Crippen LogP contribution >= 0.6 is 7.82 Å². The summed E-state index contributed by atoms with van der Waals surface area (Å²) in [6.07, 6.45) is 25.1. The van der Waals surface area contributed by atoms with E-state index in [2.05, 4.69) is 30.5 Å². The van der Waals surface area contributed by atoms with E-state index in [0.717, 1.165) is 57.8 Å². The fourth-order valence-corrected chi connectivity index (χ4v) is 4.55. The number of rotatable bonds is 28. The first-order valence-electron chi connectivity index (χ1n) is 15.5. The van der Waals surface area contributed by atoms with Gasteiger partial charge in [-0.2, -0.15) is 0 Å². The zero-order valence-corrected chi connectivity index (χ0v) is 25.7. The molecule has 0 bridgehead atoms. The molecule has 1 atom stereocenters. The van der Waals surface area contributed by atoms with Crippen molar-refractivity contribution in [1.82, 2.24) is 0 Å². The minimum Gasteiger partial charge on any atom is -0.462 e. The number of hydrogen-bond donors (Lipinski definition) is 2. The Morgan fingerprint density at radius 2 is 1.08 bits per heavy atom. The lowest BCUT2D eigenvalue weighted by molar-refractivity contribution is -0.161. The number of hydrogen-bond acceptors (Lipinski definition) is 6. The van der Waals surface area contributed by atoms with Gasteiger partial charge in [0, 0.05) is 12.8 Å². The molecule has 9 heteroatoms. The zero-order chi connectivity index (χ0) is 29.0. The Labute approximate surface area is 237 Å². The lowest BCUT2D eigenvalue weighted by Crippen LogP contribution is -2.29. The summed E-state index contributed by atoms with van der Waals surface area (Å²) in [5, 5.41) is 0. The van der Waals surface area contributed by atoms with Crippen molar-refractivity contribution >= 4 is 19.8 Å². The van der Waals surface area contributed by atoms with Crippen molar-refractivity contribution in [2.45, 2.75) is 155 Å². The van der Waals surface area contributed by atoms with E-state index in [4.69, 9.17) is 19.3 Å². The van der Waals surface area contributed by atoms with Gasteiger partial charge >= 0.3 is 19.8 Å². The van der Waals surface area contributed by atoms with Crippen molar-refractivity contribution in [3.63, 3.8) is 0 Å². The highest BCUT2D eigenvalue weighted by atomic mass is 31.2. The second kappa shape index (κ2) is 27.0. The molecule has 230 valence electrons. The molecule has 0 spiro atoms. The van der Waals surface area contributed by atoms with Crippen LogP contribution in [-0.4, -0.2) is 41.0 Å². The molecule has 0 aliphatic heterocycles. The molecule has 2 N–H and O–H groups in total. The van der Waals surface area contributed by atoms with E-state index in [1.165, 1.54) is 57.8 Å². The van der Waals surface area contributed by atoms with Gasteiger partial charge in [-0.25, -0.2) is 4.57 Å². The van der Waals surface area contributed by atoms with Gasteiger partial charge in [0.25, 0.3) is 0 Å². The van der Waals surface area contributed by atoms with Crippen LogP contribution in [0.4, 0.5) is 0 Å². The third-order valence-corrected chi connectivity index (χ3v) is 7.02. The van der Waals surface area contributed by atoms with E-state index in [1.54, 1.807) is 0 Å². The standard InChI is InChI=1S/C30H57O8P/c1-3-5-7-9-11-13-14-15-17-19-21-23-25-30(32)38-28(27-37-39(33,34)35)26-36-29(31)24-22-20-18-16-12-10-8-6-4-2/h11,13,28H,3-10,12,14-27H2,1-2H3,(H2,33,34,35)/b13-11-. The third-order valence-electron chi connectivity index (χ3n) is 6.53. The number of unbranched alkanes of at least 4 members (excludes halogenated alkanes) is 16. The van der Waals surface area contributed by atoms with Crippen molar-refractivity contribution in [3.8, 4) is 0 Å². The summed E-state index contributed by atoms with van der Waals surface area (Å²) in [6.45, 7) is 3.59. The predicted molar refractivity (Wildman–Crippen MR) is 156 cm³/mol. The van der Waals surface area contributed by atoms with Crippen molar-refractivity contribution in [2.24, 2.45) is 0 Å². The van der Waals surface area contributed by atoms with Crippen LogP contribution in [0.15, 0.2) is 12.2 Å². The van der Waals surface area contributed by atoms with E-state index >= 15 is 0 Å². The number of phosphoric ester groups is 1. The average molecular weight is 577 g/mol. The Kier molecular flexibility index (Phi) is 26.1. The van der Waals surface area contributed by atoms with E-state index < -0.39 is 32.5 Å². The highest BCUT2D eigenvalue weighted by Gasteiger charge is 2.22. The first-order chi connectivity index (χ1) is 18.8. The summed E-state index contributed by atoms with van der Waals surface area (Å²) in [7, 11) is -4.73. The Morgan fingerprint density at radius 3 is 1.62 bits per heavy atom. The van der Waals surface area contributed by atoms with Crippen molar-refractivity contribution in [1.29, 1.82) is 0 Å². The fourth-order valence-electron chi connectivity index (χ4n) is 4.19. The van der Waals surface area contributed by atoms with Crippen molar-refractivity contribution in [3.05, 3.63) is 12.2 Å². The van der Waals surface area contributed by atoms with Crippen LogP contribution in [0.5, 0.6) is 0 Å². The summed E-state index contributed by atoms with van der Waals surface area (Å²) in [6, 6.07) is 0. The Balaban J connectivity index is 4.07. The van der Waals surface area contributed by atoms with Gasteiger partial charge < -0.3 is 19.3 Å². The molecule has 0 aromatic rings. The summed E-state index contributed by atoms with van der Waals surface area (Å²) in [4.78, 5) is 42.3. The number of ether oxygens (including phenoxy) is 2. The molecule has 0 radical (unpaired) electrons. The van der Waals surface area contributed by atoms with Crippen LogP contribution in [0.1, 0.15) is 149 Å². The second-order valence-corrected chi connectivity index (χ2v) is 11.7. The molecule has 0 rings (SSSR count). The number of esters is 2. The first kappa shape index (κ1) is 37.8. The van der Waals surface area contributed by atoms with Gasteiger partial charge in [0.15, 0.2) is 6.10 Å². The minimum absolute atomic E-state index is 0.204. The highest BCUT2D eigenvalue weighted by Crippen LogP contribution is 2.35. The molecule has 8 nitrogen and oxygen atoms in total. The summed E-state index contributed by atoms with van der Waals surface area (Å²) in [5.74, 6) is -0.898. The van der Waals surface area contributed by atoms with Crippen LogP contribution in [0, 0.1) is 0 Å². The predicted octanol–water partition coefficient (Wildman–Crippen LogP) is 8.34. The topological polar surface area (TPSA) is 119 Å². The maximum atomic E-state index is 12.2. The molecule has 0 fully saturated rings. The molecule has 1 unspecified atom stereocenters. The summed E-state index contributed by atoms with van der Waals surface area (Å²) < 4.78 is 26.1. The molecule has 0 saturated carbocycles. The third kappa shape index (κ3) is 29.6. The molecule has 0 aliphatic rings. The summed E-state index contributed by atoms with van der Waals surface area (Å²) >= 11 is 0. The number of phosphoric acid groups is 1. The van der Waals surface area contributed by atoms with Gasteiger partial charge in [0.1, 0.15) is 6.61 Å². The molecular formula is C30H57O8P. The molecule has 0 amide bonds. The van der Waals surface area contributed by atoms with Crippen LogP contribution in [0.25, 0.3) is 0 Å².